The van der Waals surface area contributed by atoms with E-state index in [4.69, 9.17) is 0 Å². The average molecular weight is 204 g/mol. The third kappa shape index (κ3) is 2.40. The lowest BCUT2D eigenvalue weighted by atomic mass is 9.87. The number of halogens is 3. The van der Waals surface area contributed by atoms with Crippen molar-refractivity contribution in [2.45, 2.75) is 39.3 Å². The highest BCUT2D eigenvalue weighted by atomic mass is 19.4. The summed E-state index contributed by atoms with van der Waals surface area (Å²) in [6.07, 6.45) is 0.717. The van der Waals surface area contributed by atoms with Crippen molar-refractivity contribution >= 4 is 0 Å². The first-order valence-corrected chi connectivity index (χ1v) is 4.93. The monoisotopic (exact) mass is 204 g/mol. The van der Waals surface area contributed by atoms with Gasteiger partial charge in [0.2, 0.25) is 0 Å². The Bertz CT molecular complexity index is 258. The molecule has 0 saturated heterocycles. The highest BCUT2D eigenvalue weighted by molar-refractivity contribution is 5.33. The van der Waals surface area contributed by atoms with Crippen LogP contribution in [0.5, 0.6) is 0 Å². The molecule has 1 aliphatic carbocycles. The molecule has 0 aromatic carbocycles. The second kappa shape index (κ2) is 4.20. The largest absolute Gasteiger partial charge is 0.412 e. The molecule has 0 bridgehead atoms. The minimum Gasteiger partial charge on any atom is -0.166 e. The average Bonchev–Trinajstić information content (AvgIpc) is 2.15. The number of hydrogen-bond donors (Lipinski definition) is 0. The first-order valence-electron chi connectivity index (χ1n) is 4.93. The molecule has 0 N–H and O–H groups in total. The van der Waals surface area contributed by atoms with E-state index in [9.17, 15) is 13.2 Å². The van der Waals surface area contributed by atoms with Gasteiger partial charge in [-0.2, -0.15) is 13.2 Å². The molecule has 3 heteroatoms. The van der Waals surface area contributed by atoms with E-state index in [0.717, 1.165) is 6.42 Å². The van der Waals surface area contributed by atoms with Gasteiger partial charge in [0, 0.05) is 5.57 Å². The van der Waals surface area contributed by atoms with Crippen molar-refractivity contribution < 1.29 is 13.2 Å². The van der Waals surface area contributed by atoms with Crippen LogP contribution in [0.25, 0.3) is 0 Å². The molecule has 0 amide bonds. The van der Waals surface area contributed by atoms with Crippen LogP contribution in [0, 0.1) is 5.92 Å². The van der Waals surface area contributed by atoms with Crippen LogP contribution in [-0.2, 0) is 0 Å². The van der Waals surface area contributed by atoms with Gasteiger partial charge < -0.3 is 0 Å². The summed E-state index contributed by atoms with van der Waals surface area (Å²) in [5, 5.41) is 0. The molecule has 0 fully saturated rings. The van der Waals surface area contributed by atoms with Crippen molar-refractivity contribution in [3.05, 3.63) is 23.3 Å². The third-order valence-corrected chi connectivity index (χ3v) is 2.69. The predicted octanol–water partition coefficient (Wildman–Crippen LogP) is 4.24. The maximum atomic E-state index is 12.6. The molecular formula is C11H15F3. The van der Waals surface area contributed by atoms with Gasteiger partial charge in [-0.05, 0) is 30.8 Å². The van der Waals surface area contributed by atoms with E-state index in [2.05, 4.69) is 0 Å². The number of rotatable bonds is 2. The lowest BCUT2D eigenvalue weighted by molar-refractivity contribution is -0.0952. The summed E-state index contributed by atoms with van der Waals surface area (Å²) in [4.78, 5) is 0. The molecule has 0 radical (unpaired) electrons. The molecule has 1 rings (SSSR count). The van der Waals surface area contributed by atoms with E-state index in [0.29, 0.717) is 12.0 Å². The van der Waals surface area contributed by atoms with Crippen LogP contribution in [0.3, 0.4) is 0 Å². The highest BCUT2D eigenvalue weighted by Gasteiger charge is 2.36. The molecule has 0 saturated carbocycles. The lowest BCUT2D eigenvalue weighted by Gasteiger charge is -2.22. The molecular weight excluding hydrogens is 189 g/mol. The molecule has 80 valence electrons. The number of hydrogen-bond acceptors (Lipinski definition) is 0. The van der Waals surface area contributed by atoms with E-state index in [1.807, 2.05) is 19.9 Å². The fourth-order valence-electron chi connectivity index (χ4n) is 1.67. The van der Waals surface area contributed by atoms with Gasteiger partial charge in [0.25, 0.3) is 0 Å². The number of alkyl halides is 3. The highest BCUT2D eigenvalue weighted by Crippen LogP contribution is 2.37. The summed E-state index contributed by atoms with van der Waals surface area (Å²) in [5.41, 5.74) is 0.153. The second-order valence-corrected chi connectivity index (χ2v) is 3.68. The molecule has 1 unspecified atom stereocenters. The Hall–Kier alpha value is -0.730. The van der Waals surface area contributed by atoms with E-state index in [1.165, 1.54) is 0 Å². The van der Waals surface area contributed by atoms with E-state index < -0.39 is 6.18 Å². The van der Waals surface area contributed by atoms with Gasteiger partial charge in [-0.3, -0.25) is 0 Å². The van der Waals surface area contributed by atoms with Crippen molar-refractivity contribution in [2.75, 3.05) is 0 Å². The fraction of sp³-hybridized carbons (Fsp3) is 0.636. The van der Waals surface area contributed by atoms with E-state index in [-0.39, 0.29) is 17.9 Å². The van der Waals surface area contributed by atoms with Gasteiger partial charge in [-0.1, -0.05) is 26.0 Å². The molecule has 0 aromatic rings. The SMILES string of the molecule is CCC(C)C1=C(C(F)(F)F)CCC=C1. The van der Waals surface area contributed by atoms with Gasteiger partial charge in [0.05, 0.1) is 0 Å². The Morgan fingerprint density at radius 2 is 2.07 bits per heavy atom. The molecule has 0 spiro atoms. The summed E-state index contributed by atoms with van der Waals surface area (Å²) >= 11 is 0. The minimum absolute atomic E-state index is 0.00294. The van der Waals surface area contributed by atoms with Crippen molar-refractivity contribution in [2.24, 2.45) is 5.92 Å². The summed E-state index contributed by atoms with van der Waals surface area (Å²) in [6, 6.07) is 0. The topological polar surface area (TPSA) is 0 Å². The fourth-order valence-corrected chi connectivity index (χ4v) is 1.67. The van der Waals surface area contributed by atoms with Crippen LogP contribution in [-0.4, -0.2) is 6.18 Å². The maximum absolute atomic E-state index is 12.6. The van der Waals surface area contributed by atoms with Gasteiger partial charge in [0.1, 0.15) is 0 Å². The van der Waals surface area contributed by atoms with Crippen molar-refractivity contribution in [3.8, 4) is 0 Å². The Balaban J connectivity index is 3.04. The van der Waals surface area contributed by atoms with Gasteiger partial charge in [0.15, 0.2) is 0 Å². The Morgan fingerprint density at radius 3 is 2.57 bits per heavy atom. The molecule has 1 atom stereocenters. The first-order chi connectivity index (χ1) is 6.46. The van der Waals surface area contributed by atoms with Crippen LogP contribution < -0.4 is 0 Å². The molecule has 0 nitrogen and oxygen atoms in total. The lowest BCUT2D eigenvalue weighted by Crippen LogP contribution is -2.18. The summed E-state index contributed by atoms with van der Waals surface area (Å²) < 4.78 is 37.8. The smallest absolute Gasteiger partial charge is 0.166 e. The van der Waals surface area contributed by atoms with Gasteiger partial charge in [-0.15, -0.1) is 0 Å². The molecule has 14 heavy (non-hydrogen) atoms. The summed E-state index contributed by atoms with van der Waals surface area (Å²) in [7, 11) is 0. The van der Waals surface area contributed by atoms with Crippen LogP contribution in [0.4, 0.5) is 13.2 Å². The molecule has 0 aliphatic heterocycles. The summed E-state index contributed by atoms with van der Waals surface area (Å²) in [5.74, 6) is 0.00294. The normalized spacial score (nSPS) is 20.1. The second-order valence-electron chi connectivity index (χ2n) is 3.68. The number of allylic oxidation sites excluding steroid dienone is 4. The first kappa shape index (κ1) is 11.3. The summed E-state index contributed by atoms with van der Waals surface area (Å²) in [6.45, 7) is 3.75. The van der Waals surface area contributed by atoms with Crippen molar-refractivity contribution in [1.82, 2.24) is 0 Å². The van der Waals surface area contributed by atoms with E-state index in [1.54, 1.807) is 6.08 Å². The van der Waals surface area contributed by atoms with Crippen molar-refractivity contribution in [1.29, 1.82) is 0 Å². The van der Waals surface area contributed by atoms with Crippen LogP contribution in [0.2, 0.25) is 0 Å². The quantitative estimate of drug-likeness (QED) is 0.631. The van der Waals surface area contributed by atoms with Crippen molar-refractivity contribution in [3.63, 3.8) is 0 Å². The standard InChI is InChI=1S/C11H15F3/c1-3-8(2)9-6-4-5-7-10(9)11(12,13)14/h4,6,8H,3,5,7H2,1-2H3. The Kier molecular flexibility index (Phi) is 3.40. The van der Waals surface area contributed by atoms with Gasteiger partial charge in [-0.25, -0.2) is 0 Å². The maximum Gasteiger partial charge on any atom is 0.412 e. The zero-order chi connectivity index (χ0) is 10.8. The van der Waals surface area contributed by atoms with Gasteiger partial charge >= 0.3 is 6.18 Å². The van der Waals surface area contributed by atoms with Crippen LogP contribution in [0.1, 0.15) is 33.1 Å². The Labute approximate surface area is 82.5 Å². The minimum atomic E-state index is -4.15. The molecule has 0 heterocycles. The van der Waals surface area contributed by atoms with E-state index >= 15 is 0 Å². The molecule has 1 aliphatic rings. The zero-order valence-corrected chi connectivity index (χ0v) is 8.49. The molecule has 0 aromatic heterocycles. The Morgan fingerprint density at radius 1 is 1.43 bits per heavy atom. The van der Waals surface area contributed by atoms with Crippen LogP contribution >= 0.6 is 0 Å². The van der Waals surface area contributed by atoms with Crippen LogP contribution in [0.15, 0.2) is 23.3 Å². The third-order valence-electron chi connectivity index (χ3n) is 2.69. The zero-order valence-electron chi connectivity index (χ0n) is 8.49. The predicted molar refractivity (Wildman–Crippen MR) is 50.9 cm³/mol.